The lowest BCUT2D eigenvalue weighted by atomic mass is 9.49. The maximum atomic E-state index is 4.47. The number of nitrogens with one attached hydrogen (secondary N) is 10. The van der Waals surface area contributed by atoms with Crippen LogP contribution in [-0.2, 0) is 0 Å². The van der Waals surface area contributed by atoms with E-state index >= 15 is 0 Å². The first-order valence-corrected chi connectivity index (χ1v) is 29.1. The maximum Gasteiger partial charge on any atom is 0.0133 e. The Labute approximate surface area is 410 Å². The van der Waals surface area contributed by atoms with Gasteiger partial charge in [-0.3, -0.25) is 0 Å². The van der Waals surface area contributed by atoms with Crippen molar-refractivity contribution in [3.05, 3.63) is 0 Å². The molecule has 0 aromatic carbocycles. The van der Waals surface area contributed by atoms with E-state index in [1.54, 1.807) is 0 Å². The van der Waals surface area contributed by atoms with E-state index in [0.717, 1.165) is 166 Å². The fourth-order valence-electron chi connectivity index (χ4n) is 12.1. The van der Waals surface area contributed by atoms with Crippen LogP contribution < -0.4 is 53.2 Å². The van der Waals surface area contributed by atoms with Gasteiger partial charge < -0.3 is 63.0 Å². The molecule has 0 heterocycles. The van der Waals surface area contributed by atoms with Crippen LogP contribution in [0.1, 0.15) is 132 Å². The summed E-state index contributed by atoms with van der Waals surface area (Å²) in [6, 6.07) is 1.17. The van der Waals surface area contributed by atoms with Crippen LogP contribution in [0.5, 0.6) is 0 Å². The number of hydrogen-bond donors (Lipinski definition) is 10. The summed E-state index contributed by atoms with van der Waals surface area (Å²) in [4.78, 5) is 5.19. The van der Waals surface area contributed by atoms with Crippen molar-refractivity contribution in [3.8, 4) is 0 Å². The third-order valence-corrected chi connectivity index (χ3v) is 16.4. The Bertz CT molecular complexity index is 1080. The molecule has 10 atom stereocenters. The third kappa shape index (κ3) is 22.7. The summed E-state index contributed by atoms with van der Waals surface area (Å²) in [5.74, 6) is 5.90. The van der Waals surface area contributed by atoms with Gasteiger partial charge in [0.15, 0.2) is 0 Å². The average molecular weight is 934 g/mol. The zero-order chi connectivity index (χ0) is 47.5. The Hall–Kier alpha value is -0.480. The molecule has 0 amide bonds. The van der Waals surface area contributed by atoms with Crippen LogP contribution >= 0.6 is 0 Å². The predicted molar refractivity (Wildman–Crippen MR) is 288 cm³/mol. The molecule has 3 saturated carbocycles. The van der Waals surface area contributed by atoms with Gasteiger partial charge in [-0.05, 0) is 281 Å². The highest BCUT2D eigenvalue weighted by molar-refractivity contribution is 5.10. The fraction of sp³-hybridized carbons (Fsp3) is 1.00. The second-order valence-corrected chi connectivity index (χ2v) is 20.6. The van der Waals surface area contributed by atoms with Crippen LogP contribution in [0.3, 0.4) is 0 Å². The van der Waals surface area contributed by atoms with E-state index in [1.807, 2.05) is 0 Å². The molecule has 66 heavy (non-hydrogen) atoms. The molecule has 12 nitrogen and oxygen atoms in total. The van der Waals surface area contributed by atoms with Gasteiger partial charge >= 0.3 is 0 Å². The smallest absolute Gasteiger partial charge is 0.0133 e. The summed E-state index contributed by atoms with van der Waals surface area (Å²) in [5.41, 5.74) is 0. The molecule has 10 N–H and O–H groups in total. The van der Waals surface area contributed by atoms with E-state index in [2.05, 4.69) is 118 Å². The molecule has 12 heteroatoms. The lowest BCUT2D eigenvalue weighted by Gasteiger charge is -2.60. The maximum absolute atomic E-state index is 4.47. The van der Waals surface area contributed by atoms with Gasteiger partial charge in [0.1, 0.15) is 0 Å². The minimum absolute atomic E-state index is 0.568. The van der Waals surface area contributed by atoms with Crippen LogP contribution in [0.15, 0.2) is 0 Å². The van der Waals surface area contributed by atoms with Gasteiger partial charge in [0.05, 0.1) is 0 Å². The summed E-state index contributed by atoms with van der Waals surface area (Å²) >= 11 is 0. The third-order valence-electron chi connectivity index (χ3n) is 16.4. The van der Waals surface area contributed by atoms with Gasteiger partial charge in [0, 0.05) is 12.1 Å². The van der Waals surface area contributed by atoms with E-state index < -0.39 is 0 Å². The van der Waals surface area contributed by atoms with Crippen molar-refractivity contribution >= 4 is 0 Å². The van der Waals surface area contributed by atoms with E-state index in [0.29, 0.717) is 23.9 Å². The van der Waals surface area contributed by atoms with Gasteiger partial charge in [-0.1, -0.05) is 55.4 Å². The Morgan fingerprint density at radius 3 is 1.30 bits per heavy atom. The Balaban J connectivity index is 1.90. The highest BCUT2D eigenvalue weighted by Gasteiger charge is 2.56. The van der Waals surface area contributed by atoms with Crippen molar-refractivity contribution in [2.24, 2.45) is 47.3 Å². The van der Waals surface area contributed by atoms with Crippen molar-refractivity contribution in [1.29, 1.82) is 0 Å². The van der Waals surface area contributed by atoms with Gasteiger partial charge in [-0.2, -0.15) is 0 Å². The fourth-order valence-corrected chi connectivity index (χ4v) is 12.1. The van der Waals surface area contributed by atoms with Crippen molar-refractivity contribution in [2.45, 2.75) is 145 Å². The molecule has 0 spiro atoms. The van der Waals surface area contributed by atoms with Crippen molar-refractivity contribution in [2.75, 3.05) is 157 Å². The minimum atomic E-state index is 0.568. The van der Waals surface area contributed by atoms with E-state index in [-0.39, 0.29) is 0 Å². The lowest BCUT2D eigenvalue weighted by Crippen LogP contribution is -2.66. The SMILES string of the molecule is CCNCCCCNCC1CC(C(NCCCN(CC)CC)C2CCC2CNCCCN(CC)CC)C1C(NCCCCNCC)C1CC(CNCCCNCC)C1CNCCCNCC. The molecule has 3 fully saturated rings. The van der Waals surface area contributed by atoms with Crippen molar-refractivity contribution in [1.82, 2.24) is 63.0 Å². The van der Waals surface area contributed by atoms with Crippen molar-refractivity contribution < 1.29 is 0 Å². The quantitative estimate of drug-likeness (QED) is 0.0377. The van der Waals surface area contributed by atoms with Gasteiger partial charge in [-0.25, -0.2) is 0 Å². The molecule has 0 aliphatic heterocycles. The monoisotopic (exact) mass is 933 g/mol. The van der Waals surface area contributed by atoms with Crippen LogP contribution in [-0.4, -0.2) is 179 Å². The standard InChI is InChI=1S/C54H116N12/c1-9-55-27-17-18-29-59-43-47-40-50(53(63-36-24-38-66(15-7)16-8)48-26-25-45(48)41-61-34-23-37-65(13-5)14-6)52(47)54(64-35-20-19-28-56-10-2)49-39-46(42-60-32-21-30-57-11-3)51(49)44-62-33-22-31-58-12-4/h45-64H,9-44H2,1-8H3. The van der Waals surface area contributed by atoms with E-state index in [4.69, 9.17) is 0 Å². The van der Waals surface area contributed by atoms with Crippen LogP contribution in [0, 0.1) is 47.3 Å². The number of nitrogens with zero attached hydrogens (tertiary/aromatic N) is 2. The first-order chi connectivity index (χ1) is 32.5. The summed E-state index contributed by atoms with van der Waals surface area (Å²) in [6.45, 7) is 45.4. The van der Waals surface area contributed by atoms with Gasteiger partial charge in [0.2, 0.25) is 0 Å². The molecule has 3 aliphatic rings. The molecule has 0 saturated heterocycles. The summed E-state index contributed by atoms with van der Waals surface area (Å²) in [6.07, 6.45) is 15.5. The molecule has 0 aromatic rings. The first kappa shape index (κ1) is 59.8. The molecule has 0 bridgehead atoms. The first-order valence-electron chi connectivity index (χ1n) is 29.1. The van der Waals surface area contributed by atoms with Crippen LogP contribution in [0.2, 0.25) is 0 Å². The molecule has 10 unspecified atom stereocenters. The zero-order valence-electron chi connectivity index (χ0n) is 45.1. The normalized spacial score (nSPS) is 25.0. The molecule has 3 aliphatic carbocycles. The van der Waals surface area contributed by atoms with Crippen LogP contribution in [0.25, 0.3) is 0 Å². The Kier molecular flexibility index (Phi) is 35.5. The number of hydrogen-bond acceptors (Lipinski definition) is 12. The largest absolute Gasteiger partial charge is 0.317 e. The molecule has 0 radical (unpaired) electrons. The Morgan fingerprint density at radius 1 is 0.364 bits per heavy atom. The van der Waals surface area contributed by atoms with Crippen LogP contribution in [0.4, 0.5) is 0 Å². The zero-order valence-corrected chi connectivity index (χ0v) is 45.1. The predicted octanol–water partition coefficient (Wildman–Crippen LogP) is 5.03. The summed E-state index contributed by atoms with van der Waals surface area (Å²) in [7, 11) is 0. The summed E-state index contributed by atoms with van der Waals surface area (Å²) < 4.78 is 0. The number of rotatable bonds is 48. The Morgan fingerprint density at radius 2 is 0.773 bits per heavy atom. The topological polar surface area (TPSA) is 127 Å². The van der Waals surface area contributed by atoms with Gasteiger partial charge in [0.25, 0.3) is 0 Å². The highest BCUT2D eigenvalue weighted by Crippen LogP contribution is 2.54. The molecular formula is C54H116N12. The average Bonchev–Trinajstić information content (AvgIpc) is 3.30. The highest BCUT2D eigenvalue weighted by atomic mass is 15.1. The van der Waals surface area contributed by atoms with Gasteiger partial charge in [-0.15, -0.1) is 0 Å². The second kappa shape index (κ2) is 39.2. The molecule has 392 valence electrons. The minimum Gasteiger partial charge on any atom is -0.317 e. The van der Waals surface area contributed by atoms with E-state index in [9.17, 15) is 0 Å². The second-order valence-electron chi connectivity index (χ2n) is 20.6. The number of unbranched alkanes of at least 4 members (excludes halogenated alkanes) is 2. The molecule has 0 aromatic heterocycles. The lowest BCUT2D eigenvalue weighted by molar-refractivity contribution is -0.0766. The molecular weight excluding hydrogens is 817 g/mol. The molecule has 3 rings (SSSR count). The van der Waals surface area contributed by atoms with E-state index in [1.165, 1.54) is 103 Å². The van der Waals surface area contributed by atoms with Crippen molar-refractivity contribution in [3.63, 3.8) is 0 Å². The summed E-state index contributed by atoms with van der Waals surface area (Å²) in [5, 5.41) is 39.2.